The monoisotopic (exact) mass is 1800 g/mol. The molecule has 0 heterocycles. The van der Waals surface area contributed by atoms with E-state index >= 15 is 0 Å². The molecule has 0 aliphatic rings. The lowest BCUT2D eigenvalue weighted by molar-refractivity contribution is -0.0504. The summed E-state index contributed by atoms with van der Waals surface area (Å²) in [6.45, 7) is 2.63. The smallest absolute Gasteiger partial charge is 0.387 e. The molecule has 0 radical (unpaired) electrons. The van der Waals surface area contributed by atoms with Crippen molar-refractivity contribution >= 4 is 99.5 Å². The first-order chi connectivity index (χ1) is 62.7. The van der Waals surface area contributed by atoms with E-state index in [0.717, 1.165) is 23.8 Å². The van der Waals surface area contributed by atoms with Gasteiger partial charge < -0.3 is 46.0 Å². The zero-order valence-corrected chi connectivity index (χ0v) is 69.5. The lowest BCUT2D eigenvalue weighted by Crippen LogP contribution is -2.17. The number of amides is 2. The molecule has 0 aromatic heterocycles. The van der Waals surface area contributed by atoms with E-state index in [2.05, 4.69) is 15.4 Å². The van der Waals surface area contributed by atoms with E-state index in [9.17, 15) is 98.3 Å². The molecule has 2 amide bonds. The SMILES string of the molecule is CC(=O)c1cc(CC(=O)c2ccccc2C(=O)O)ccc1F.CC(=O)c1ccc(F)c(CC(=O)c2ccccc2C(=O)O)c1.CC(=O)c1ccc(OC(F)F)c(CC(=O)c2ccccc2C(=O)O)c1.Cc1ccc(NC(=O)c2ccccc2C(=O)O)c(C#N)c1.N#Cc1ccc(F)c(NC(=O)c2ccccc2C(=O)O)c1.N#Cc1cccc(CC(=O)c2ccccc2C(=O)O)c1F. The lowest BCUT2D eigenvalue weighted by Gasteiger charge is -2.12. The molecule has 0 unspecified atom stereocenters. The molecule has 12 aromatic carbocycles. The van der Waals surface area contributed by atoms with Crippen LogP contribution in [0.4, 0.5) is 37.7 Å². The molecule has 27 nitrogen and oxygen atoms in total. The zero-order chi connectivity index (χ0) is 97.3. The minimum Gasteiger partial charge on any atom is -0.478 e. The first-order valence-corrected chi connectivity index (χ1v) is 38.4. The first-order valence-electron chi connectivity index (χ1n) is 38.4. The number of nitrogens with one attached hydrogen (secondary N) is 2. The number of carboxylic acids is 6. The number of alkyl halides is 2. The van der Waals surface area contributed by atoms with Crippen LogP contribution in [0.15, 0.2) is 255 Å². The average Bonchev–Trinajstić information content (AvgIpc) is 0.854. The van der Waals surface area contributed by atoms with Crippen LogP contribution in [0.25, 0.3) is 0 Å². The summed E-state index contributed by atoms with van der Waals surface area (Å²) in [7, 11) is 0. The van der Waals surface area contributed by atoms with Gasteiger partial charge in [-0.05, 0) is 183 Å². The van der Waals surface area contributed by atoms with Gasteiger partial charge in [0.2, 0.25) is 0 Å². The highest BCUT2D eigenvalue weighted by Gasteiger charge is 2.26. The lowest BCUT2D eigenvalue weighted by atomic mass is 9.96. The van der Waals surface area contributed by atoms with Gasteiger partial charge in [-0.2, -0.15) is 24.6 Å². The number of Topliss-reactive ketones (excluding diaryl/α,β-unsaturated/α-hetero) is 7. The van der Waals surface area contributed by atoms with Gasteiger partial charge in [-0.15, -0.1) is 0 Å². The fourth-order valence-electron chi connectivity index (χ4n) is 12.2. The van der Waals surface area contributed by atoms with E-state index in [0.29, 0.717) is 22.4 Å². The maximum absolute atomic E-state index is 13.9. The summed E-state index contributed by atoms with van der Waals surface area (Å²) in [6, 6.07) is 64.2. The Morgan fingerprint density at radius 3 is 1.09 bits per heavy atom. The second kappa shape index (κ2) is 47.9. The van der Waals surface area contributed by atoms with Gasteiger partial charge in [0.05, 0.1) is 84.2 Å². The van der Waals surface area contributed by atoms with Crippen LogP contribution < -0.4 is 15.4 Å². The van der Waals surface area contributed by atoms with Crippen molar-refractivity contribution in [3.8, 4) is 24.0 Å². The second-order valence-corrected chi connectivity index (χ2v) is 27.8. The molecule has 12 aromatic rings. The number of hydrogen-bond acceptors (Lipinski definition) is 19. The Bertz CT molecular complexity index is 6640. The maximum atomic E-state index is 13.9. The number of hydrogen-bond donors (Lipinski definition) is 8. The normalized spacial score (nSPS) is 10.1. The number of carbonyl (C=O) groups excluding carboxylic acids is 9. The van der Waals surface area contributed by atoms with Gasteiger partial charge in [0, 0.05) is 64.6 Å². The number of halogens is 6. The number of carboxylic acid groups (broad SMARTS) is 6. The van der Waals surface area contributed by atoms with Crippen LogP contribution in [0.3, 0.4) is 0 Å². The Kier molecular flexibility index (Phi) is 36.6. The minimum atomic E-state index is -3.09. The van der Waals surface area contributed by atoms with Gasteiger partial charge in [-0.3, -0.25) is 43.2 Å². The molecule has 0 aliphatic carbocycles. The largest absolute Gasteiger partial charge is 0.478 e. The highest BCUT2D eigenvalue weighted by molar-refractivity contribution is 6.13. The zero-order valence-electron chi connectivity index (χ0n) is 69.5. The number of benzene rings is 12. The van der Waals surface area contributed by atoms with Crippen molar-refractivity contribution in [1.82, 2.24) is 0 Å². The van der Waals surface area contributed by atoms with Gasteiger partial charge in [0.15, 0.2) is 40.5 Å². The number of nitriles is 3. The molecule has 0 atom stereocenters. The number of carbonyl (C=O) groups is 15. The number of ether oxygens (including phenoxy) is 1. The summed E-state index contributed by atoms with van der Waals surface area (Å²) >= 11 is 0. The topological polar surface area (TPSA) is 482 Å². The fourth-order valence-corrected chi connectivity index (χ4v) is 12.2. The predicted octanol–water partition coefficient (Wildman–Crippen LogP) is 18.2. The molecule has 12 rings (SSSR count). The van der Waals surface area contributed by atoms with Crippen molar-refractivity contribution in [1.29, 1.82) is 15.8 Å². The van der Waals surface area contributed by atoms with Crippen molar-refractivity contribution in [2.75, 3.05) is 10.6 Å². The highest BCUT2D eigenvalue weighted by Crippen LogP contribution is 2.28. The highest BCUT2D eigenvalue weighted by atomic mass is 19.3. The summed E-state index contributed by atoms with van der Waals surface area (Å²) in [5.74, 6) is -14.6. The van der Waals surface area contributed by atoms with Crippen LogP contribution in [0.1, 0.15) is 221 Å². The van der Waals surface area contributed by atoms with Crippen LogP contribution in [-0.4, -0.2) is 125 Å². The van der Waals surface area contributed by atoms with E-state index < -0.39 is 106 Å². The molecule has 0 bridgehead atoms. The van der Waals surface area contributed by atoms with Gasteiger partial charge in [-0.1, -0.05) is 121 Å². The quantitative estimate of drug-likeness (QED) is 0.0175. The minimum absolute atomic E-state index is 0.0163. The molecule has 132 heavy (non-hydrogen) atoms. The number of nitrogens with zero attached hydrogens (tertiary/aromatic N) is 3. The van der Waals surface area contributed by atoms with Crippen molar-refractivity contribution in [3.05, 3.63) is 406 Å². The third kappa shape index (κ3) is 28.2. The number of ketones is 7. The molecule has 0 saturated heterocycles. The van der Waals surface area contributed by atoms with Crippen LogP contribution in [-0.2, 0) is 25.7 Å². The Morgan fingerprint density at radius 2 is 0.689 bits per heavy atom. The summed E-state index contributed by atoms with van der Waals surface area (Å²) < 4.78 is 84.2. The van der Waals surface area contributed by atoms with Crippen molar-refractivity contribution in [2.24, 2.45) is 0 Å². The van der Waals surface area contributed by atoms with Gasteiger partial charge in [0.1, 0.15) is 41.2 Å². The van der Waals surface area contributed by atoms with E-state index in [1.165, 1.54) is 209 Å². The van der Waals surface area contributed by atoms with Gasteiger partial charge in [-0.25, -0.2) is 46.3 Å². The number of anilines is 2. The standard InChI is InChI=1S/C18H14F2O5.2C17H13FO4.C16H10FNO3.C16H12N2O3.C15H9FN2O3/c1-10(21)11-6-7-16(25-18(19)20)12(8-11)9-15(22)13-4-2-3-5-14(13)17(23)24;1-10(19)11-6-7-15(18)12(8-11)9-16(20)13-4-2-3-5-14(13)17(21)22;1-10(19)14-8-11(6-7-15(14)18)9-16(20)12-4-2-3-5-13(12)17(21)22;17-15-10(4-3-5-11(15)9-18)8-14(19)12-6-1-2-7-13(12)16(20)21;1-10-6-7-14(11(8-10)9-17)18-15(19)12-4-2-3-5-13(12)16(20)21;16-12-6-5-9(8-17)7-13(12)18-14(19)10-3-1-2-4-11(10)15(20)21/h2-8,18H,9H2,1H3,(H,23,24);2*2-8H,9H2,1H3,(H,21,22);1-7H,8H2,(H,20,21);2-8H,1H3,(H,18,19)(H,20,21);1-7H,(H,18,19)(H,20,21). The van der Waals surface area contributed by atoms with Crippen molar-refractivity contribution < 1.29 is 134 Å². The number of aromatic carboxylic acids is 6. The summed E-state index contributed by atoms with van der Waals surface area (Å²) in [4.78, 5) is 174. The molecule has 0 fully saturated rings. The van der Waals surface area contributed by atoms with E-state index in [-0.39, 0.29) is 154 Å². The third-order valence-electron chi connectivity index (χ3n) is 18.7. The van der Waals surface area contributed by atoms with Crippen molar-refractivity contribution in [3.63, 3.8) is 0 Å². The second-order valence-electron chi connectivity index (χ2n) is 27.8. The molecule has 666 valence electrons. The Labute approximate surface area is 746 Å². The van der Waals surface area contributed by atoms with Crippen LogP contribution in [0.5, 0.6) is 5.75 Å². The van der Waals surface area contributed by atoms with E-state index in [4.69, 9.17) is 46.4 Å². The van der Waals surface area contributed by atoms with E-state index in [1.807, 2.05) is 19.1 Å². The van der Waals surface area contributed by atoms with Crippen LogP contribution in [0, 0.1) is 64.2 Å². The van der Waals surface area contributed by atoms with Crippen molar-refractivity contribution in [2.45, 2.75) is 60.0 Å². The van der Waals surface area contributed by atoms with Crippen LogP contribution >= 0.6 is 0 Å². The molecule has 0 saturated carbocycles. The first kappa shape index (κ1) is 101. The maximum Gasteiger partial charge on any atom is 0.387 e. The number of aryl methyl sites for hydroxylation is 1. The average molecular weight is 1800 g/mol. The Hall–Kier alpha value is -18.1. The number of rotatable bonds is 27. The molecule has 33 heteroatoms. The molecular formula is C99H71F6N5O22. The van der Waals surface area contributed by atoms with Gasteiger partial charge in [0.25, 0.3) is 11.8 Å². The molecule has 0 aliphatic heterocycles. The molecule has 0 spiro atoms. The summed E-state index contributed by atoms with van der Waals surface area (Å²) in [5.41, 5.74) is 1.79. The van der Waals surface area contributed by atoms with Crippen LogP contribution in [0.2, 0.25) is 0 Å². The Morgan fingerprint density at radius 1 is 0.326 bits per heavy atom. The third-order valence-corrected chi connectivity index (χ3v) is 18.7. The molecular weight excluding hydrogens is 1730 g/mol. The summed E-state index contributed by atoms with van der Waals surface area (Å²) in [6.07, 6.45) is -1.10. The van der Waals surface area contributed by atoms with Gasteiger partial charge >= 0.3 is 42.4 Å². The summed E-state index contributed by atoms with van der Waals surface area (Å²) in [5, 5.41) is 85.9. The molecule has 8 N–H and O–H groups in total. The fraction of sp³-hybridized carbons (Fsp3) is 0.0909. The predicted molar refractivity (Wildman–Crippen MR) is 462 cm³/mol. The van der Waals surface area contributed by atoms with E-state index in [1.54, 1.807) is 54.6 Å². The Balaban J connectivity index is 0.000000217.